The second kappa shape index (κ2) is 6.34. The molecule has 28 heavy (non-hydrogen) atoms. The van der Waals surface area contributed by atoms with Crippen molar-refractivity contribution in [3.8, 4) is 0 Å². The van der Waals surface area contributed by atoms with Gasteiger partial charge in [-0.05, 0) is 83.4 Å². The van der Waals surface area contributed by atoms with Crippen molar-refractivity contribution in [1.29, 1.82) is 0 Å². The summed E-state index contributed by atoms with van der Waals surface area (Å²) >= 11 is 0. The molecule has 0 aliphatic heterocycles. The van der Waals surface area contributed by atoms with Gasteiger partial charge in [0.2, 0.25) is 0 Å². The third kappa shape index (κ3) is 2.29. The lowest BCUT2D eigenvalue weighted by molar-refractivity contribution is -0.226. The molecule has 13 unspecified atom stereocenters. The molecule has 0 bridgehead atoms. The van der Waals surface area contributed by atoms with Crippen molar-refractivity contribution in [1.82, 2.24) is 0 Å². The van der Waals surface area contributed by atoms with Gasteiger partial charge in [-0.25, -0.2) is 0 Å². The standard InChI is InChI=1S/C27H46O/c1-13-11-21-22-17(5)19(7)24-18(6)15(3)16(4)20(8)27(24,10)23(22)14(2)12-26(21,9)25(13)28/h13-24H,11-12H2,1-10H3/t13?,14?,15?,16?,17?,18?,19?,20?,21?,22?,23?,24-,26?,27?/m1/s1. The molecule has 4 saturated carbocycles. The van der Waals surface area contributed by atoms with E-state index in [-0.39, 0.29) is 11.3 Å². The van der Waals surface area contributed by atoms with Crippen molar-refractivity contribution in [3.63, 3.8) is 0 Å². The fourth-order valence-electron chi connectivity index (χ4n) is 10.4. The second-order valence-corrected chi connectivity index (χ2v) is 12.8. The van der Waals surface area contributed by atoms with Gasteiger partial charge in [0.1, 0.15) is 5.78 Å². The largest absolute Gasteiger partial charge is 0.299 e. The number of rotatable bonds is 0. The van der Waals surface area contributed by atoms with E-state index >= 15 is 0 Å². The van der Waals surface area contributed by atoms with Crippen LogP contribution in [0.15, 0.2) is 0 Å². The molecule has 0 saturated heterocycles. The third-order valence-electron chi connectivity index (χ3n) is 12.1. The molecule has 0 heterocycles. The van der Waals surface area contributed by atoms with E-state index in [2.05, 4.69) is 69.2 Å². The van der Waals surface area contributed by atoms with Crippen LogP contribution in [0, 0.1) is 81.8 Å². The van der Waals surface area contributed by atoms with Crippen molar-refractivity contribution in [3.05, 3.63) is 0 Å². The third-order valence-corrected chi connectivity index (χ3v) is 12.1. The topological polar surface area (TPSA) is 17.1 Å². The van der Waals surface area contributed by atoms with E-state index in [4.69, 9.17) is 0 Å². The van der Waals surface area contributed by atoms with Gasteiger partial charge in [-0.15, -0.1) is 0 Å². The highest BCUT2D eigenvalue weighted by Crippen LogP contribution is 2.72. The molecule has 0 amide bonds. The molecule has 0 spiro atoms. The van der Waals surface area contributed by atoms with E-state index in [1.807, 2.05) is 0 Å². The minimum atomic E-state index is -0.0559. The first kappa shape index (κ1) is 20.9. The summed E-state index contributed by atoms with van der Waals surface area (Å²) in [6.07, 6.45) is 2.29. The fraction of sp³-hybridized carbons (Fsp3) is 0.963. The molecule has 0 radical (unpaired) electrons. The normalized spacial score (nSPS) is 64.1. The average molecular weight is 387 g/mol. The molecule has 4 fully saturated rings. The first-order valence-electron chi connectivity index (χ1n) is 12.4. The van der Waals surface area contributed by atoms with Crippen LogP contribution in [0.2, 0.25) is 0 Å². The van der Waals surface area contributed by atoms with Crippen LogP contribution in [0.4, 0.5) is 0 Å². The molecule has 4 aliphatic carbocycles. The van der Waals surface area contributed by atoms with Crippen LogP contribution in [-0.2, 0) is 4.79 Å². The second-order valence-electron chi connectivity index (χ2n) is 12.8. The number of hydrogen-bond acceptors (Lipinski definition) is 1. The van der Waals surface area contributed by atoms with Crippen LogP contribution >= 0.6 is 0 Å². The van der Waals surface area contributed by atoms with Gasteiger partial charge >= 0.3 is 0 Å². The van der Waals surface area contributed by atoms with Crippen molar-refractivity contribution >= 4 is 5.78 Å². The number of hydrogen-bond donors (Lipinski definition) is 0. The molecule has 0 aromatic heterocycles. The summed E-state index contributed by atoms with van der Waals surface area (Å²) in [6.45, 7) is 25.1. The predicted molar refractivity (Wildman–Crippen MR) is 118 cm³/mol. The molecule has 0 aromatic carbocycles. The smallest absolute Gasteiger partial charge is 0.141 e. The van der Waals surface area contributed by atoms with Crippen molar-refractivity contribution in [2.75, 3.05) is 0 Å². The Kier molecular flexibility index (Phi) is 4.73. The van der Waals surface area contributed by atoms with Gasteiger partial charge in [-0.1, -0.05) is 69.2 Å². The van der Waals surface area contributed by atoms with E-state index < -0.39 is 0 Å². The highest BCUT2D eigenvalue weighted by molar-refractivity contribution is 5.89. The van der Waals surface area contributed by atoms with Crippen LogP contribution in [0.5, 0.6) is 0 Å². The molecule has 14 atom stereocenters. The molecule has 1 nitrogen and oxygen atoms in total. The highest BCUT2D eigenvalue weighted by atomic mass is 16.1. The summed E-state index contributed by atoms with van der Waals surface area (Å²) in [4.78, 5) is 13.2. The molecule has 0 aromatic rings. The number of carbonyl (C=O) groups excluding carboxylic acids is 1. The van der Waals surface area contributed by atoms with Crippen LogP contribution in [0.25, 0.3) is 0 Å². The van der Waals surface area contributed by atoms with E-state index in [9.17, 15) is 4.79 Å². The van der Waals surface area contributed by atoms with Gasteiger partial charge in [-0.3, -0.25) is 4.79 Å². The molecule has 4 rings (SSSR count). The van der Waals surface area contributed by atoms with Gasteiger partial charge in [-0.2, -0.15) is 0 Å². The Hall–Kier alpha value is -0.330. The van der Waals surface area contributed by atoms with Crippen molar-refractivity contribution in [2.45, 2.75) is 82.1 Å². The van der Waals surface area contributed by atoms with Crippen LogP contribution in [-0.4, -0.2) is 5.78 Å². The Balaban J connectivity index is 1.86. The summed E-state index contributed by atoms with van der Waals surface area (Å²) in [5.74, 6) is 9.17. The number of fused-ring (bicyclic) bond motifs is 5. The molecule has 0 N–H and O–H groups in total. The predicted octanol–water partition coefficient (Wildman–Crippen LogP) is 6.96. The van der Waals surface area contributed by atoms with E-state index in [1.54, 1.807) is 0 Å². The monoisotopic (exact) mass is 386 g/mol. The zero-order valence-electron chi connectivity index (χ0n) is 20.3. The summed E-state index contributed by atoms with van der Waals surface area (Å²) in [6, 6.07) is 0. The van der Waals surface area contributed by atoms with Crippen molar-refractivity contribution in [2.24, 2.45) is 81.8 Å². The van der Waals surface area contributed by atoms with E-state index in [0.717, 1.165) is 66.1 Å². The first-order valence-corrected chi connectivity index (χ1v) is 12.4. The lowest BCUT2D eigenvalue weighted by atomic mass is 9.34. The van der Waals surface area contributed by atoms with Gasteiger partial charge in [0.05, 0.1) is 0 Å². The summed E-state index contributed by atoms with van der Waals surface area (Å²) in [7, 11) is 0. The zero-order valence-corrected chi connectivity index (χ0v) is 20.3. The summed E-state index contributed by atoms with van der Waals surface area (Å²) in [5.41, 5.74) is 0.358. The molecular weight excluding hydrogens is 340 g/mol. The quantitative estimate of drug-likeness (QED) is 0.440. The summed E-state index contributed by atoms with van der Waals surface area (Å²) in [5, 5.41) is 0. The Morgan fingerprint density at radius 1 is 0.750 bits per heavy atom. The Labute approximate surface area is 174 Å². The van der Waals surface area contributed by atoms with Crippen LogP contribution < -0.4 is 0 Å². The minimum absolute atomic E-state index is 0.0559. The maximum absolute atomic E-state index is 13.2. The lowest BCUT2D eigenvalue weighted by Gasteiger charge is -2.70. The molecule has 160 valence electrons. The van der Waals surface area contributed by atoms with E-state index in [1.165, 1.54) is 0 Å². The van der Waals surface area contributed by atoms with Crippen LogP contribution in [0.3, 0.4) is 0 Å². The van der Waals surface area contributed by atoms with Crippen molar-refractivity contribution < 1.29 is 4.79 Å². The average Bonchev–Trinajstić information content (AvgIpc) is 2.85. The SMILES string of the molecule is CC1CC2C3C(C)C(C)[C@H]4C(C)C(C)C(C)C(C)C4(C)C3C(C)CC2(C)C1=O. The van der Waals surface area contributed by atoms with Crippen LogP contribution in [0.1, 0.15) is 82.1 Å². The molecule has 4 aliphatic rings. The molecular formula is C27H46O. The van der Waals surface area contributed by atoms with Gasteiger partial charge in [0.15, 0.2) is 0 Å². The zero-order chi connectivity index (χ0) is 20.9. The number of Topliss-reactive ketones (excluding diaryl/α,β-unsaturated/α-hetero) is 1. The maximum atomic E-state index is 13.2. The Bertz CT molecular complexity index is 653. The van der Waals surface area contributed by atoms with E-state index in [0.29, 0.717) is 23.0 Å². The highest BCUT2D eigenvalue weighted by Gasteiger charge is 2.69. The molecule has 1 heteroatoms. The Morgan fingerprint density at radius 2 is 1.32 bits per heavy atom. The van der Waals surface area contributed by atoms with Gasteiger partial charge in [0.25, 0.3) is 0 Å². The van der Waals surface area contributed by atoms with Gasteiger partial charge < -0.3 is 0 Å². The Morgan fingerprint density at radius 3 is 1.93 bits per heavy atom. The number of ketones is 1. The lowest BCUT2D eigenvalue weighted by Crippen LogP contribution is -2.66. The fourth-order valence-corrected chi connectivity index (χ4v) is 10.4. The maximum Gasteiger partial charge on any atom is 0.141 e. The minimum Gasteiger partial charge on any atom is -0.299 e. The van der Waals surface area contributed by atoms with Gasteiger partial charge in [0, 0.05) is 11.3 Å². The first-order chi connectivity index (χ1) is 12.9. The number of carbonyl (C=O) groups is 1. The summed E-state index contributed by atoms with van der Waals surface area (Å²) < 4.78 is 0.